The van der Waals surface area contributed by atoms with Gasteiger partial charge < -0.3 is 0 Å². The average Bonchev–Trinajstić information content (AvgIpc) is 2.73. The number of nitrogens with zero attached hydrogens (tertiary/aromatic N) is 2. The van der Waals surface area contributed by atoms with Gasteiger partial charge in [-0.1, -0.05) is 38.5 Å². The first-order valence-electron chi connectivity index (χ1n) is 6.28. The Morgan fingerprint density at radius 1 is 1.29 bits per heavy atom. The Balaban J connectivity index is 2.59. The van der Waals surface area contributed by atoms with Crippen LogP contribution >= 0.6 is 24.4 Å². The van der Waals surface area contributed by atoms with Crippen molar-refractivity contribution in [2.24, 2.45) is 5.41 Å². The first-order valence-corrected chi connectivity index (χ1v) is 7.90. The minimum atomic E-state index is 0.339. The van der Waals surface area contributed by atoms with Gasteiger partial charge in [0.15, 0.2) is 0 Å². The van der Waals surface area contributed by atoms with E-state index in [1.165, 1.54) is 25.7 Å². The molecule has 1 heterocycles. The quantitative estimate of drug-likeness (QED) is 0.560. The van der Waals surface area contributed by atoms with E-state index >= 15 is 0 Å². The lowest BCUT2D eigenvalue weighted by Gasteiger charge is -2.31. The van der Waals surface area contributed by atoms with Crippen LogP contribution < -0.4 is 0 Å². The minimum absolute atomic E-state index is 0.339. The van der Waals surface area contributed by atoms with Crippen LogP contribution in [0.1, 0.15) is 45.4 Å². The van der Waals surface area contributed by atoms with Gasteiger partial charge in [0.2, 0.25) is 5.16 Å². The Bertz CT molecular complexity index is 319. The highest BCUT2D eigenvalue weighted by molar-refractivity contribution is 7.99. The number of aromatic nitrogens is 3. The van der Waals surface area contributed by atoms with Crippen LogP contribution in [0.3, 0.4) is 0 Å². The molecule has 17 heavy (non-hydrogen) atoms. The standard InChI is InChI=1S/C12H23N3S2/c1-4-6-12(8-16,7-5-2)9-17-11-13-10(3)14-15-11/h16H,4-9H2,1-3H3,(H,13,14,15). The summed E-state index contributed by atoms with van der Waals surface area (Å²) in [6, 6.07) is 0. The molecule has 0 aliphatic heterocycles. The van der Waals surface area contributed by atoms with Crippen molar-refractivity contribution in [1.29, 1.82) is 0 Å². The van der Waals surface area contributed by atoms with Gasteiger partial charge in [-0.15, -0.1) is 5.10 Å². The monoisotopic (exact) mass is 273 g/mol. The van der Waals surface area contributed by atoms with Crippen molar-refractivity contribution in [2.45, 2.75) is 51.6 Å². The van der Waals surface area contributed by atoms with Gasteiger partial charge in [-0.3, -0.25) is 5.10 Å². The Kier molecular flexibility index (Phi) is 6.41. The number of aryl methyl sites for hydroxylation is 1. The second-order valence-corrected chi connectivity index (χ2v) is 5.91. The van der Waals surface area contributed by atoms with Crippen LogP contribution in [0.25, 0.3) is 0 Å². The minimum Gasteiger partial charge on any atom is -0.262 e. The van der Waals surface area contributed by atoms with E-state index in [1.807, 2.05) is 6.92 Å². The van der Waals surface area contributed by atoms with Crippen LogP contribution in [0.5, 0.6) is 0 Å². The van der Waals surface area contributed by atoms with Crippen molar-refractivity contribution < 1.29 is 0 Å². The van der Waals surface area contributed by atoms with Crippen molar-refractivity contribution in [2.75, 3.05) is 11.5 Å². The van der Waals surface area contributed by atoms with Gasteiger partial charge in [-0.2, -0.15) is 12.6 Å². The molecule has 0 unspecified atom stereocenters. The van der Waals surface area contributed by atoms with Crippen molar-refractivity contribution in [3.63, 3.8) is 0 Å². The summed E-state index contributed by atoms with van der Waals surface area (Å²) < 4.78 is 0. The van der Waals surface area contributed by atoms with Crippen LogP contribution in [0, 0.1) is 12.3 Å². The van der Waals surface area contributed by atoms with E-state index in [0.717, 1.165) is 22.5 Å². The van der Waals surface area contributed by atoms with Crippen LogP contribution in [-0.2, 0) is 0 Å². The molecule has 1 rings (SSSR count). The second kappa shape index (κ2) is 7.31. The number of rotatable bonds is 8. The molecule has 0 saturated heterocycles. The summed E-state index contributed by atoms with van der Waals surface area (Å²) in [5.74, 6) is 2.90. The molecule has 0 aromatic carbocycles. The smallest absolute Gasteiger partial charge is 0.208 e. The number of hydrogen-bond donors (Lipinski definition) is 2. The highest BCUT2D eigenvalue weighted by atomic mass is 32.2. The zero-order chi connectivity index (χ0) is 12.7. The van der Waals surface area contributed by atoms with Crippen LogP contribution in [0.15, 0.2) is 5.16 Å². The molecule has 0 aliphatic carbocycles. The highest BCUT2D eigenvalue weighted by Gasteiger charge is 2.27. The van der Waals surface area contributed by atoms with Gasteiger partial charge in [0.05, 0.1) is 0 Å². The molecule has 0 fully saturated rings. The molecule has 1 aromatic heterocycles. The third kappa shape index (κ3) is 4.54. The number of H-pyrrole nitrogens is 1. The topological polar surface area (TPSA) is 41.6 Å². The SMILES string of the molecule is CCCC(CS)(CCC)CSc1n[nH]c(C)n1. The second-order valence-electron chi connectivity index (χ2n) is 4.65. The van der Waals surface area contributed by atoms with Gasteiger partial charge in [0.1, 0.15) is 5.82 Å². The first-order chi connectivity index (χ1) is 8.15. The fraction of sp³-hybridized carbons (Fsp3) is 0.833. The largest absolute Gasteiger partial charge is 0.262 e. The maximum Gasteiger partial charge on any atom is 0.208 e. The summed E-state index contributed by atoms with van der Waals surface area (Å²) in [6.45, 7) is 6.42. The average molecular weight is 273 g/mol. The maximum absolute atomic E-state index is 4.56. The molecule has 1 aromatic rings. The van der Waals surface area contributed by atoms with E-state index in [4.69, 9.17) is 0 Å². The number of hydrogen-bond acceptors (Lipinski definition) is 4. The third-order valence-corrected chi connectivity index (χ3v) is 4.85. The lowest BCUT2D eigenvalue weighted by Crippen LogP contribution is -2.26. The summed E-state index contributed by atoms with van der Waals surface area (Å²) in [5, 5.41) is 7.92. The molecule has 0 spiro atoms. The molecule has 5 heteroatoms. The maximum atomic E-state index is 4.56. The van der Waals surface area contributed by atoms with Crippen LogP contribution in [0.2, 0.25) is 0 Å². The fourth-order valence-electron chi connectivity index (χ4n) is 2.14. The Morgan fingerprint density at radius 2 is 1.94 bits per heavy atom. The van der Waals surface area contributed by atoms with Gasteiger partial charge in [-0.25, -0.2) is 4.98 Å². The number of thioether (sulfide) groups is 1. The third-order valence-electron chi connectivity index (χ3n) is 2.98. The molecule has 0 radical (unpaired) electrons. The van der Waals surface area contributed by atoms with Gasteiger partial charge >= 0.3 is 0 Å². The van der Waals surface area contributed by atoms with E-state index in [0.29, 0.717) is 5.41 Å². The zero-order valence-corrected chi connectivity index (χ0v) is 12.7. The molecule has 3 nitrogen and oxygen atoms in total. The van der Waals surface area contributed by atoms with E-state index in [2.05, 4.69) is 41.7 Å². The predicted molar refractivity (Wildman–Crippen MR) is 77.9 cm³/mol. The van der Waals surface area contributed by atoms with E-state index < -0.39 is 0 Å². The van der Waals surface area contributed by atoms with Gasteiger partial charge in [0, 0.05) is 5.75 Å². The van der Waals surface area contributed by atoms with E-state index in [-0.39, 0.29) is 0 Å². The van der Waals surface area contributed by atoms with E-state index in [9.17, 15) is 0 Å². The van der Waals surface area contributed by atoms with Gasteiger partial charge in [-0.05, 0) is 30.9 Å². The van der Waals surface area contributed by atoms with Crippen LogP contribution in [0.4, 0.5) is 0 Å². The molecular weight excluding hydrogens is 250 g/mol. The molecule has 0 atom stereocenters. The van der Waals surface area contributed by atoms with Crippen molar-refractivity contribution in [3.05, 3.63) is 5.82 Å². The van der Waals surface area contributed by atoms with Crippen molar-refractivity contribution in [1.82, 2.24) is 15.2 Å². The summed E-state index contributed by atoms with van der Waals surface area (Å²) in [6.07, 6.45) is 4.91. The predicted octanol–water partition coefficient (Wildman–Crippen LogP) is 3.72. The lowest BCUT2D eigenvalue weighted by molar-refractivity contribution is 0.318. The summed E-state index contributed by atoms with van der Waals surface area (Å²) in [5.41, 5.74) is 0.339. The zero-order valence-electron chi connectivity index (χ0n) is 11.0. The summed E-state index contributed by atoms with van der Waals surface area (Å²) in [7, 11) is 0. The summed E-state index contributed by atoms with van der Waals surface area (Å²) >= 11 is 6.31. The van der Waals surface area contributed by atoms with Crippen molar-refractivity contribution in [3.8, 4) is 0 Å². The lowest BCUT2D eigenvalue weighted by atomic mass is 9.83. The molecule has 0 aliphatic rings. The Hall–Kier alpha value is -0.160. The van der Waals surface area contributed by atoms with E-state index in [1.54, 1.807) is 11.8 Å². The Morgan fingerprint density at radius 3 is 2.35 bits per heavy atom. The van der Waals surface area contributed by atoms with Crippen molar-refractivity contribution >= 4 is 24.4 Å². The molecule has 98 valence electrons. The normalized spacial score (nSPS) is 12.0. The summed E-state index contributed by atoms with van der Waals surface area (Å²) in [4.78, 5) is 4.34. The molecule has 0 amide bonds. The van der Waals surface area contributed by atoms with Gasteiger partial charge in [0.25, 0.3) is 0 Å². The molecule has 1 N–H and O–H groups in total. The Labute approximate surface area is 114 Å². The number of nitrogens with one attached hydrogen (secondary N) is 1. The fourth-order valence-corrected chi connectivity index (χ4v) is 3.86. The molecule has 0 saturated carbocycles. The first kappa shape index (κ1) is 14.9. The highest BCUT2D eigenvalue weighted by Crippen LogP contribution is 2.36. The number of thiol groups is 1. The molecule has 0 bridgehead atoms. The van der Waals surface area contributed by atoms with Crippen LogP contribution in [-0.4, -0.2) is 26.7 Å². The number of aromatic amines is 1. The molecular formula is C12H23N3S2.